The number of likely N-dealkylation sites (N-methyl/N-ethyl adjacent to an activating group) is 2. The normalized spacial score (nSPS) is 10.8. The molecule has 0 amide bonds. The summed E-state index contributed by atoms with van der Waals surface area (Å²) < 4.78 is 0. The van der Waals surface area contributed by atoms with E-state index in [9.17, 15) is 9.90 Å². The summed E-state index contributed by atoms with van der Waals surface area (Å²) in [5.74, 6) is -1.05. The van der Waals surface area contributed by atoms with Crippen LogP contribution in [-0.2, 0) is 9.90 Å². The smallest absolute Gasteiger partial charge is 0.318 e. The Bertz CT molecular complexity index is 153. The van der Waals surface area contributed by atoms with Crippen LogP contribution in [-0.4, -0.2) is 57.7 Å². The molecule has 0 saturated heterocycles. The molecule has 0 aliphatic carbocycles. The average molecular weight is 202 g/mol. The van der Waals surface area contributed by atoms with Gasteiger partial charge in [-0.3, -0.25) is 0 Å². The lowest BCUT2D eigenvalue weighted by atomic mass is 10.4. The second-order valence-corrected chi connectivity index (χ2v) is 3.31. The molecule has 0 aromatic rings. The van der Waals surface area contributed by atoms with Gasteiger partial charge in [0, 0.05) is 13.1 Å². The van der Waals surface area contributed by atoms with E-state index in [-0.39, 0.29) is 6.54 Å². The lowest BCUT2D eigenvalue weighted by Gasteiger charge is -2.15. The number of rotatable bonds is 9. The predicted octanol–water partition coefficient (Wildman–Crippen LogP) is -0.926. The predicted molar refractivity (Wildman–Crippen MR) is 54.6 cm³/mol. The van der Waals surface area contributed by atoms with E-state index in [1.807, 2.05) is 7.05 Å². The van der Waals surface area contributed by atoms with Crippen LogP contribution in [0.3, 0.4) is 0 Å². The van der Waals surface area contributed by atoms with Gasteiger partial charge in [-0.15, -0.1) is 0 Å². The number of nitrogens with zero attached hydrogens (tertiary/aromatic N) is 1. The number of hydrogen-bond donors (Lipinski definition) is 2. The molecule has 0 spiro atoms. The number of carbonyl (C=O) groups is 1. The molecule has 0 aromatic carbocycles. The lowest BCUT2D eigenvalue weighted by molar-refractivity contribution is -0.141. The highest BCUT2D eigenvalue weighted by molar-refractivity contribution is 5.68. The first-order chi connectivity index (χ1) is 6.66. The van der Waals surface area contributed by atoms with Gasteiger partial charge in [0.1, 0.15) is 0 Å². The molecule has 0 aliphatic heterocycles. The molecule has 0 fully saturated rings. The van der Waals surface area contributed by atoms with Gasteiger partial charge in [-0.25, -0.2) is 9.90 Å². The first-order valence-electron chi connectivity index (χ1n) is 4.90. The first kappa shape index (κ1) is 13.4. The summed E-state index contributed by atoms with van der Waals surface area (Å²) >= 11 is 0. The molecule has 0 bridgehead atoms. The Morgan fingerprint density at radius 3 is 2.57 bits per heavy atom. The fraction of sp³-hybridized carbons (Fsp3) is 0.889. The van der Waals surface area contributed by atoms with Gasteiger partial charge in [-0.1, -0.05) is 0 Å². The van der Waals surface area contributed by atoms with Crippen LogP contribution in [0.5, 0.6) is 0 Å². The molecule has 83 valence electrons. The fourth-order valence-corrected chi connectivity index (χ4v) is 1.08. The summed E-state index contributed by atoms with van der Waals surface area (Å²) in [6.07, 6.45) is 0.952. The molecule has 0 saturated carbocycles. The van der Waals surface area contributed by atoms with E-state index in [4.69, 9.17) is 0 Å². The largest absolute Gasteiger partial charge is 0.369 e. The zero-order chi connectivity index (χ0) is 10.8. The Hall–Kier alpha value is -0.650. The maximum Gasteiger partial charge on any atom is 0.369 e. The van der Waals surface area contributed by atoms with Crippen molar-refractivity contribution in [1.82, 2.24) is 15.5 Å². The molecule has 5 heteroatoms. The fourth-order valence-electron chi connectivity index (χ4n) is 1.08. The van der Waals surface area contributed by atoms with Crippen molar-refractivity contribution in [2.24, 2.45) is 0 Å². The zero-order valence-electron chi connectivity index (χ0n) is 9.01. The van der Waals surface area contributed by atoms with Crippen LogP contribution >= 0.6 is 0 Å². The Morgan fingerprint density at radius 1 is 1.29 bits per heavy atom. The Kier molecular flexibility index (Phi) is 8.51. The van der Waals surface area contributed by atoms with Crippen molar-refractivity contribution in [1.29, 1.82) is 0 Å². The van der Waals surface area contributed by atoms with E-state index in [2.05, 4.69) is 22.6 Å². The minimum atomic E-state index is -1.05. The van der Waals surface area contributed by atoms with Crippen LogP contribution in [0.15, 0.2) is 0 Å². The van der Waals surface area contributed by atoms with Crippen molar-refractivity contribution in [2.45, 2.75) is 6.42 Å². The molecule has 2 N–H and O–H groups in total. The van der Waals surface area contributed by atoms with Crippen LogP contribution in [0.1, 0.15) is 6.42 Å². The molecular formula is C9H20N3O2. The van der Waals surface area contributed by atoms with Gasteiger partial charge < -0.3 is 15.5 Å². The van der Waals surface area contributed by atoms with Crippen molar-refractivity contribution >= 4 is 5.97 Å². The van der Waals surface area contributed by atoms with Gasteiger partial charge >= 0.3 is 5.97 Å². The Labute approximate surface area is 85.5 Å². The minimum Gasteiger partial charge on any atom is -0.318 e. The summed E-state index contributed by atoms with van der Waals surface area (Å²) in [5.41, 5.74) is 0. The van der Waals surface area contributed by atoms with Gasteiger partial charge in [0.25, 0.3) is 0 Å². The molecule has 0 aromatic heterocycles. The molecule has 0 rings (SSSR count). The second kappa shape index (κ2) is 8.93. The van der Waals surface area contributed by atoms with Crippen LogP contribution in [0.2, 0.25) is 0 Å². The highest BCUT2D eigenvalue weighted by Crippen LogP contribution is 1.84. The zero-order valence-corrected chi connectivity index (χ0v) is 9.01. The van der Waals surface area contributed by atoms with Crippen LogP contribution in [0.4, 0.5) is 0 Å². The van der Waals surface area contributed by atoms with Gasteiger partial charge in [-0.2, -0.15) is 0 Å². The van der Waals surface area contributed by atoms with E-state index in [0.717, 1.165) is 32.6 Å². The number of hydrogen-bond acceptors (Lipinski definition) is 4. The average Bonchev–Trinajstić information content (AvgIpc) is 2.13. The third kappa shape index (κ3) is 9.44. The van der Waals surface area contributed by atoms with Crippen molar-refractivity contribution in [3.8, 4) is 0 Å². The highest BCUT2D eigenvalue weighted by atomic mass is 16.4. The molecule has 0 atom stereocenters. The third-order valence-corrected chi connectivity index (χ3v) is 1.91. The molecule has 0 unspecified atom stereocenters. The van der Waals surface area contributed by atoms with Crippen LogP contribution in [0.25, 0.3) is 0 Å². The molecule has 5 nitrogen and oxygen atoms in total. The van der Waals surface area contributed by atoms with E-state index < -0.39 is 5.97 Å². The van der Waals surface area contributed by atoms with Gasteiger partial charge in [0.05, 0.1) is 6.54 Å². The standard InChI is InChI=1S/C9H20N3O2/c1-10-5-7-12(2)6-3-4-11-8-9(13)14/h10-11H,3-8H2,1-2H3. The summed E-state index contributed by atoms with van der Waals surface area (Å²) in [5, 5.41) is 15.9. The van der Waals surface area contributed by atoms with Gasteiger partial charge in [0.2, 0.25) is 0 Å². The van der Waals surface area contributed by atoms with E-state index in [1.165, 1.54) is 0 Å². The SMILES string of the molecule is CNCCN(C)CCCNCC([O])=O. The first-order valence-corrected chi connectivity index (χ1v) is 4.90. The number of carbonyl (C=O) groups excluding carboxylic acids is 1. The molecule has 1 radical (unpaired) electrons. The van der Waals surface area contributed by atoms with Crippen LogP contribution < -0.4 is 10.6 Å². The van der Waals surface area contributed by atoms with Crippen molar-refractivity contribution in [2.75, 3.05) is 46.8 Å². The van der Waals surface area contributed by atoms with Crippen molar-refractivity contribution in [3.63, 3.8) is 0 Å². The Balaban J connectivity index is 3.14. The number of nitrogens with one attached hydrogen (secondary N) is 2. The Morgan fingerprint density at radius 2 is 2.00 bits per heavy atom. The minimum absolute atomic E-state index is 0.0553. The van der Waals surface area contributed by atoms with Crippen molar-refractivity contribution in [3.05, 3.63) is 0 Å². The van der Waals surface area contributed by atoms with E-state index in [1.54, 1.807) is 0 Å². The summed E-state index contributed by atoms with van der Waals surface area (Å²) in [6.45, 7) is 3.62. The monoisotopic (exact) mass is 202 g/mol. The lowest BCUT2D eigenvalue weighted by Crippen LogP contribution is -2.30. The maximum atomic E-state index is 10.0. The third-order valence-electron chi connectivity index (χ3n) is 1.91. The van der Waals surface area contributed by atoms with Gasteiger partial charge in [0.15, 0.2) is 0 Å². The van der Waals surface area contributed by atoms with E-state index >= 15 is 0 Å². The molecule has 0 aliphatic rings. The second-order valence-electron chi connectivity index (χ2n) is 3.31. The van der Waals surface area contributed by atoms with Gasteiger partial charge in [-0.05, 0) is 33.6 Å². The summed E-state index contributed by atoms with van der Waals surface area (Å²) in [4.78, 5) is 12.3. The highest BCUT2D eigenvalue weighted by Gasteiger charge is 1.99. The topological polar surface area (TPSA) is 64.3 Å². The molecular weight excluding hydrogens is 182 g/mol. The summed E-state index contributed by atoms with van der Waals surface area (Å²) in [7, 11) is 3.98. The molecule has 14 heavy (non-hydrogen) atoms. The van der Waals surface area contributed by atoms with Crippen LogP contribution in [0, 0.1) is 0 Å². The quantitative estimate of drug-likeness (QED) is 0.474. The van der Waals surface area contributed by atoms with Crippen molar-refractivity contribution < 1.29 is 9.90 Å². The van der Waals surface area contributed by atoms with E-state index in [0.29, 0.717) is 0 Å². The maximum absolute atomic E-state index is 10.0. The molecule has 0 heterocycles. The summed E-state index contributed by atoms with van der Waals surface area (Å²) in [6, 6.07) is 0.